The molecule has 0 radical (unpaired) electrons. The molecule has 0 saturated carbocycles. The molecule has 0 spiro atoms. The lowest BCUT2D eigenvalue weighted by molar-refractivity contribution is -0.131. The van der Waals surface area contributed by atoms with Crippen molar-refractivity contribution in [3.05, 3.63) is 34.9 Å². The Balaban J connectivity index is 3.17. The molecule has 2 N–H and O–H groups in total. The van der Waals surface area contributed by atoms with Crippen molar-refractivity contribution in [3.8, 4) is 0 Å². The Morgan fingerprint density at radius 1 is 1.45 bits per heavy atom. The Morgan fingerprint density at radius 3 is 2.70 bits per heavy atom. The van der Waals surface area contributed by atoms with Gasteiger partial charge in [0.1, 0.15) is 0 Å². The summed E-state index contributed by atoms with van der Waals surface area (Å²) < 4.78 is 0. The topological polar surface area (TPSA) is 69.6 Å². The number of hydrogen-bond acceptors (Lipinski definition) is 3. The fourth-order valence-corrected chi connectivity index (χ4v) is 1.97. The van der Waals surface area contributed by atoms with Gasteiger partial charge in [-0.2, -0.15) is 0 Å². The molecule has 0 saturated heterocycles. The average Bonchev–Trinajstić information content (AvgIpc) is 2.42. The molecule has 6 heteroatoms. The van der Waals surface area contributed by atoms with E-state index in [-0.39, 0.29) is 12.5 Å². The third-order valence-corrected chi connectivity index (χ3v) is 3.09. The van der Waals surface area contributed by atoms with Crippen molar-refractivity contribution in [3.63, 3.8) is 0 Å². The molecule has 20 heavy (non-hydrogen) atoms. The first-order valence-corrected chi connectivity index (χ1v) is 6.52. The molecule has 1 aromatic rings. The molecule has 0 aliphatic rings. The lowest BCUT2D eigenvalue weighted by Crippen LogP contribution is -2.35. The quantitative estimate of drug-likeness (QED) is 0.788. The second-order valence-electron chi connectivity index (χ2n) is 4.03. The van der Waals surface area contributed by atoms with Gasteiger partial charge in [0.05, 0.1) is 6.54 Å². The van der Waals surface area contributed by atoms with Crippen molar-refractivity contribution in [2.45, 2.75) is 6.92 Å². The molecular formula is C14H17ClN2O3. The normalized spacial score (nSPS) is 10.6. The SMILES string of the molecule is CCN(CC(=O)NC)c1cccc(Cl)c1C=CC(=O)O. The largest absolute Gasteiger partial charge is 0.478 e. The van der Waals surface area contributed by atoms with E-state index in [0.29, 0.717) is 17.1 Å². The minimum absolute atomic E-state index is 0.125. The van der Waals surface area contributed by atoms with E-state index >= 15 is 0 Å². The Morgan fingerprint density at radius 2 is 2.15 bits per heavy atom. The fourth-order valence-electron chi connectivity index (χ4n) is 1.74. The molecule has 1 amide bonds. The van der Waals surface area contributed by atoms with Gasteiger partial charge in [0, 0.05) is 35.9 Å². The van der Waals surface area contributed by atoms with E-state index in [9.17, 15) is 9.59 Å². The number of rotatable bonds is 6. The number of anilines is 1. The highest BCUT2D eigenvalue weighted by atomic mass is 35.5. The zero-order valence-electron chi connectivity index (χ0n) is 11.4. The van der Waals surface area contributed by atoms with Crippen LogP contribution in [0.4, 0.5) is 5.69 Å². The summed E-state index contributed by atoms with van der Waals surface area (Å²) in [5.41, 5.74) is 1.31. The number of benzene rings is 1. The monoisotopic (exact) mass is 296 g/mol. The van der Waals surface area contributed by atoms with Crippen molar-refractivity contribution < 1.29 is 14.7 Å². The third-order valence-electron chi connectivity index (χ3n) is 2.76. The predicted octanol–water partition coefficient (Wildman–Crippen LogP) is 2.01. The summed E-state index contributed by atoms with van der Waals surface area (Å²) in [7, 11) is 1.57. The first kappa shape index (κ1) is 16.0. The van der Waals surface area contributed by atoms with E-state index in [2.05, 4.69) is 5.32 Å². The number of halogens is 1. The van der Waals surface area contributed by atoms with E-state index < -0.39 is 5.97 Å². The number of hydrogen-bond donors (Lipinski definition) is 2. The Bertz CT molecular complexity index is 529. The zero-order valence-corrected chi connectivity index (χ0v) is 12.1. The minimum atomic E-state index is -1.05. The van der Waals surface area contributed by atoms with Crippen LogP contribution in [-0.4, -0.2) is 37.1 Å². The molecule has 0 aliphatic heterocycles. The van der Waals surface area contributed by atoms with Crippen LogP contribution in [0.3, 0.4) is 0 Å². The highest BCUT2D eigenvalue weighted by Crippen LogP contribution is 2.28. The molecule has 0 atom stereocenters. The van der Waals surface area contributed by atoms with Gasteiger partial charge in [0.2, 0.25) is 5.91 Å². The Labute approximate surface area is 122 Å². The van der Waals surface area contributed by atoms with Crippen LogP contribution >= 0.6 is 11.6 Å². The van der Waals surface area contributed by atoms with E-state index in [1.165, 1.54) is 6.08 Å². The summed E-state index contributed by atoms with van der Waals surface area (Å²) >= 11 is 6.11. The van der Waals surface area contributed by atoms with Crippen LogP contribution in [0.15, 0.2) is 24.3 Å². The molecule has 0 aromatic heterocycles. The molecule has 5 nitrogen and oxygen atoms in total. The number of carboxylic acid groups (broad SMARTS) is 1. The zero-order chi connectivity index (χ0) is 15.1. The van der Waals surface area contributed by atoms with E-state index in [1.807, 2.05) is 11.8 Å². The minimum Gasteiger partial charge on any atom is -0.478 e. The molecule has 0 unspecified atom stereocenters. The van der Waals surface area contributed by atoms with Crippen molar-refractivity contribution in [1.29, 1.82) is 0 Å². The molecule has 108 valence electrons. The lowest BCUT2D eigenvalue weighted by Gasteiger charge is -2.24. The molecule has 1 aromatic carbocycles. The number of nitrogens with zero attached hydrogens (tertiary/aromatic N) is 1. The average molecular weight is 297 g/mol. The van der Waals surface area contributed by atoms with Gasteiger partial charge in [-0.05, 0) is 25.1 Å². The Kier molecular flexibility index (Phi) is 6.06. The van der Waals surface area contributed by atoms with Crippen LogP contribution in [0, 0.1) is 0 Å². The number of nitrogens with one attached hydrogen (secondary N) is 1. The highest BCUT2D eigenvalue weighted by molar-refractivity contribution is 6.32. The number of carbonyl (C=O) groups excluding carboxylic acids is 1. The molecular weight excluding hydrogens is 280 g/mol. The van der Waals surface area contributed by atoms with Gasteiger partial charge in [-0.25, -0.2) is 4.79 Å². The smallest absolute Gasteiger partial charge is 0.328 e. The van der Waals surface area contributed by atoms with Gasteiger partial charge >= 0.3 is 5.97 Å². The number of aliphatic carboxylic acids is 1. The van der Waals surface area contributed by atoms with Gasteiger partial charge in [-0.1, -0.05) is 17.7 Å². The number of amides is 1. The summed E-state index contributed by atoms with van der Waals surface area (Å²) in [6, 6.07) is 5.25. The number of carbonyl (C=O) groups is 2. The van der Waals surface area contributed by atoms with Gasteiger partial charge in [0.25, 0.3) is 0 Å². The van der Waals surface area contributed by atoms with Gasteiger partial charge in [0.15, 0.2) is 0 Å². The van der Waals surface area contributed by atoms with Crippen LogP contribution in [-0.2, 0) is 9.59 Å². The second-order valence-corrected chi connectivity index (χ2v) is 4.44. The maximum Gasteiger partial charge on any atom is 0.328 e. The molecule has 0 fully saturated rings. The summed E-state index contributed by atoms with van der Waals surface area (Å²) in [5.74, 6) is -1.18. The first-order chi connectivity index (χ1) is 9.49. The second kappa shape index (κ2) is 7.55. The number of likely N-dealkylation sites (N-methyl/N-ethyl adjacent to an activating group) is 2. The van der Waals surface area contributed by atoms with Crippen molar-refractivity contribution in [2.24, 2.45) is 0 Å². The number of carboxylic acids is 1. The summed E-state index contributed by atoms with van der Waals surface area (Å²) in [5, 5.41) is 11.7. The maximum absolute atomic E-state index is 11.5. The van der Waals surface area contributed by atoms with Gasteiger partial charge < -0.3 is 15.3 Å². The summed E-state index contributed by atoms with van der Waals surface area (Å²) in [6.07, 6.45) is 2.46. The van der Waals surface area contributed by atoms with Gasteiger partial charge in [-0.15, -0.1) is 0 Å². The first-order valence-electron chi connectivity index (χ1n) is 6.14. The predicted molar refractivity (Wildman–Crippen MR) is 80.1 cm³/mol. The van der Waals surface area contributed by atoms with Crippen LogP contribution in [0.5, 0.6) is 0 Å². The van der Waals surface area contributed by atoms with Crippen molar-refractivity contribution >= 4 is 35.2 Å². The van der Waals surface area contributed by atoms with E-state index in [4.69, 9.17) is 16.7 Å². The molecule has 0 heterocycles. The summed E-state index contributed by atoms with van der Waals surface area (Å²) in [6.45, 7) is 2.69. The summed E-state index contributed by atoms with van der Waals surface area (Å²) in [4.78, 5) is 24.0. The highest BCUT2D eigenvalue weighted by Gasteiger charge is 2.13. The fraction of sp³-hybridized carbons (Fsp3) is 0.286. The van der Waals surface area contributed by atoms with E-state index in [0.717, 1.165) is 11.8 Å². The third kappa shape index (κ3) is 4.28. The molecule has 1 rings (SSSR count). The van der Waals surface area contributed by atoms with Crippen LogP contribution in [0.25, 0.3) is 6.08 Å². The molecule has 0 aliphatic carbocycles. The van der Waals surface area contributed by atoms with Crippen LogP contribution < -0.4 is 10.2 Å². The lowest BCUT2D eigenvalue weighted by atomic mass is 10.1. The van der Waals surface area contributed by atoms with Crippen LogP contribution in [0.1, 0.15) is 12.5 Å². The van der Waals surface area contributed by atoms with Crippen molar-refractivity contribution in [2.75, 3.05) is 25.0 Å². The van der Waals surface area contributed by atoms with Crippen LogP contribution in [0.2, 0.25) is 5.02 Å². The van der Waals surface area contributed by atoms with Crippen molar-refractivity contribution in [1.82, 2.24) is 5.32 Å². The molecule has 0 bridgehead atoms. The van der Waals surface area contributed by atoms with E-state index in [1.54, 1.807) is 25.2 Å². The maximum atomic E-state index is 11.5. The standard InChI is InChI=1S/C14H17ClN2O3/c1-3-17(9-13(18)16-2)12-6-4-5-11(15)10(12)7-8-14(19)20/h4-8H,3,9H2,1-2H3,(H,16,18)(H,19,20). The Hall–Kier alpha value is -2.01. The van der Waals surface area contributed by atoms with Gasteiger partial charge in [-0.3, -0.25) is 4.79 Å².